The van der Waals surface area contributed by atoms with E-state index in [0.717, 1.165) is 5.56 Å². The molecule has 3 heterocycles. The predicted octanol–water partition coefficient (Wildman–Crippen LogP) is 4.05. The number of nitrogens with zero attached hydrogens (tertiary/aromatic N) is 3. The highest BCUT2D eigenvalue weighted by molar-refractivity contribution is 5.98. The Balaban J connectivity index is 1.47. The first-order chi connectivity index (χ1) is 23.1. The Kier molecular flexibility index (Phi) is 10.9. The lowest BCUT2D eigenvalue weighted by molar-refractivity contribution is -0.165. The number of amides is 3. The molecule has 2 aromatic rings. The minimum Gasteiger partial charge on any atom is -0.455 e. The van der Waals surface area contributed by atoms with Crippen LogP contribution in [0.15, 0.2) is 86.0 Å². The van der Waals surface area contributed by atoms with Gasteiger partial charge in [-0.1, -0.05) is 72.8 Å². The fourth-order valence-electron chi connectivity index (χ4n) is 7.69. The van der Waals surface area contributed by atoms with E-state index in [1.54, 1.807) is 35.9 Å². The van der Waals surface area contributed by atoms with Gasteiger partial charge < -0.3 is 29.3 Å². The average molecular weight is 658 g/mol. The van der Waals surface area contributed by atoms with Gasteiger partial charge in [-0.25, -0.2) is 0 Å². The van der Waals surface area contributed by atoms with Gasteiger partial charge in [0.1, 0.15) is 17.7 Å². The number of carbonyl (C=O) groups excluding carboxylic acids is 4. The van der Waals surface area contributed by atoms with Crippen molar-refractivity contribution in [3.05, 3.63) is 97.1 Å². The van der Waals surface area contributed by atoms with Crippen LogP contribution in [0.4, 0.5) is 0 Å². The summed E-state index contributed by atoms with van der Waals surface area (Å²) in [5.74, 6) is -3.36. The highest BCUT2D eigenvalue weighted by atomic mass is 16.6. The smallest absolute Gasteiger partial charge is 0.313 e. The van der Waals surface area contributed by atoms with Gasteiger partial charge in [-0.15, -0.1) is 13.2 Å². The van der Waals surface area contributed by atoms with E-state index in [1.165, 1.54) is 4.90 Å². The second-order valence-corrected chi connectivity index (χ2v) is 13.2. The van der Waals surface area contributed by atoms with Crippen molar-refractivity contribution in [2.75, 3.05) is 20.2 Å². The molecule has 0 unspecified atom stereocenters. The van der Waals surface area contributed by atoms with Crippen molar-refractivity contribution in [3.8, 4) is 0 Å². The number of likely N-dealkylation sites (tertiary alicyclic amines) is 1. The number of rotatable bonds is 15. The molecule has 0 aliphatic carbocycles. The number of esters is 1. The molecule has 1 spiro atoms. The quantitative estimate of drug-likeness (QED) is 0.227. The van der Waals surface area contributed by atoms with Crippen LogP contribution in [0, 0.1) is 11.8 Å². The van der Waals surface area contributed by atoms with Crippen LogP contribution < -0.4 is 0 Å². The van der Waals surface area contributed by atoms with Crippen molar-refractivity contribution in [1.29, 1.82) is 0 Å². The van der Waals surface area contributed by atoms with Crippen molar-refractivity contribution in [3.63, 3.8) is 0 Å². The molecule has 3 saturated heterocycles. The average Bonchev–Trinajstić information content (AvgIpc) is 3.76. The standard InChI is InChI=1S/C38H47N3O7/c1-6-8-19-30(43)39(5)26(4)33(28-17-13-10-14-18-28)47-37(46)31-29-20-21-38(48-29)32(31)35(44)41(25(3)24-42)34(38)36(45)40(22-7-2)23-27-15-11-9-12-16-27/h6-7,9-18,25-26,29,31-34,42H,1-2,8,19-24H2,3-5H3/t25-,26+,29-,31+,32+,33-,34-,38+/m1/s1. The van der Waals surface area contributed by atoms with Crippen LogP contribution in [0.2, 0.25) is 0 Å². The van der Waals surface area contributed by atoms with Crippen LogP contribution in [0.5, 0.6) is 0 Å². The van der Waals surface area contributed by atoms with Gasteiger partial charge in [0.15, 0.2) is 0 Å². The lowest BCUT2D eigenvalue weighted by atomic mass is 9.70. The lowest BCUT2D eigenvalue weighted by Crippen LogP contribution is -2.58. The zero-order valence-electron chi connectivity index (χ0n) is 28.1. The third kappa shape index (κ3) is 6.43. The second-order valence-electron chi connectivity index (χ2n) is 13.2. The number of allylic oxidation sites excluding steroid dienone is 1. The third-order valence-corrected chi connectivity index (χ3v) is 10.2. The largest absolute Gasteiger partial charge is 0.455 e. The lowest BCUT2D eigenvalue weighted by Gasteiger charge is -2.38. The van der Waals surface area contributed by atoms with Crippen LogP contribution in [-0.2, 0) is 35.2 Å². The fraction of sp³-hybridized carbons (Fsp3) is 0.474. The third-order valence-electron chi connectivity index (χ3n) is 10.2. The molecule has 3 fully saturated rings. The summed E-state index contributed by atoms with van der Waals surface area (Å²) in [6.45, 7) is 11.2. The molecule has 2 aromatic carbocycles. The first kappa shape index (κ1) is 35.0. The Morgan fingerprint density at radius 3 is 2.38 bits per heavy atom. The van der Waals surface area contributed by atoms with E-state index in [2.05, 4.69) is 13.2 Å². The number of hydrogen-bond acceptors (Lipinski definition) is 7. The van der Waals surface area contributed by atoms with Crippen LogP contribution in [-0.4, -0.2) is 93.5 Å². The van der Waals surface area contributed by atoms with Gasteiger partial charge in [-0.3, -0.25) is 19.2 Å². The summed E-state index contributed by atoms with van der Waals surface area (Å²) >= 11 is 0. The van der Waals surface area contributed by atoms with Crippen LogP contribution >= 0.6 is 0 Å². The maximum atomic E-state index is 14.5. The highest BCUT2D eigenvalue weighted by Crippen LogP contribution is 2.59. The summed E-state index contributed by atoms with van der Waals surface area (Å²) in [7, 11) is 1.69. The molecule has 256 valence electrons. The topological polar surface area (TPSA) is 117 Å². The number of hydrogen-bond donors (Lipinski definition) is 1. The molecule has 1 N–H and O–H groups in total. The van der Waals surface area contributed by atoms with Gasteiger partial charge in [-0.2, -0.15) is 0 Å². The van der Waals surface area contributed by atoms with Gasteiger partial charge in [0.2, 0.25) is 17.7 Å². The van der Waals surface area contributed by atoms with Crippen molar-refractivity contribution in [2.45, 2.75) is 82.0 Å². The van der Waals surface area contributed by atoms with Crippen LogP contribution in [0.25, 0.3) is 0 Å². The molecule has 10 heteroatoms. The molecule has 48 heavy (non-hydrogen) atoms. The zero-order valence-corrected chi connectivity index (χ0v) is 28.1. The molecule has 0 aromatic heterocycles. The normalized spacial score (nSPS) is 25.9. The summed E-state index contributed by atoms with van der Waals surface area (Å²) in [6, 6.07) is 16.5. The van der Waals surface area contributed by atoms with E-state index < -0.39 is 59.6 Å². The van der Waals surface area contributed by atoms with E-state index in [4.69, 9.17) is 9.47 Å². The number of carbonyl (C=O) groups is 4. The first-order valence-corrected chi connectivity index (χ1v) is 16.8. The summed E-state index contributed by atoms with van der Waals surface area (Å²) in [6.07, 6.45) is 3.58. The molecule has 3 amide bonds. The minimum absolute atomic E-state index is 0.109. The predicted molar refractivity (Wildman–Crippen MR) is 180 cm³/mol. The Hall–Kier alpha value is -4.28. The fourth-order valence-corrected chi connectivity index (χ4v) is 7.69. The zero-order chi connectivity index (χ0) is 34.6. The summed E-state index contributed by atoms with van der Waals surface area (Å²) in [4.78, 5) is 60.9. The number of ether oxygens (including phenoxy) is 2. The molecule has 10 nitrogen and oxygen atoms in total. The summed E-state index contributed by atoms with van der Waals surface area (Å²) < 4.78 is 12.9. The van der Waals surface area contributed by atoms with Gasteiger partial charge in [0.05, 0.1) is 36.6 Å². The van der Waals surface area contributed by atoms with Gasteiger partial charge >= 0.3 is 5.97 Å². The van der Waals surface area contributed by atoms with Gasteiger partial charge in [-0.05, 0) is 44.2 Å². The van der Waals surface area contributed by atoms with Crippen molar-refractivity contribution in [1.82, 2.24) is 14.7 Å². The van der Waals surface area contributed by atoms with Crippen molar-refractivity contribution < 1.29 is 33.8 Å². The SMILES string of the molecule is C=CCCC(=O)N(C)[C@@H](C)[C@@H](OC(=O)[C@@H]1[C@H]2C(=O)N([C@H](C)CO)[C@H](C(=O)N(CC=C)Cc3ccccc3)[C@]23CC[C@H]1O3)c1ccccc1. The van der Waals surface area contributed by atoms with Crippen LogP contribution in [0.1, 0.15) is 56.8 Å². The first-order valence-electron chi connectivity index (χ1n) is 16.8. The van der Waals surface area contributed by atoms with E-state index in [1.807, 2.05) is 67.6 Å². The number of aliphatic hydroxyl groups is 1. The second kappa shape index (κ2) is 14.9. The number of benzene rings is 2. The molecule has 3 aliphatic heterocycles. The van der Waals surface area contributed by atoms with E-state index in [-0.39, 0.29) is 31.4 Å². The molecule has 0 radical (unpaired) electrons. The Bertz CT molecular complexity index is 1500. The number of fused-ring (bicyclic) bond motifs is 1. The summed E-state index contributed by atoms with van der Waals surface area (Å²) in [5.41, 5.74) is 0.371. The molecular formula is C38H47N3O7. The Morgan fingerprint density at radius 1 is 1.08 bits per heavy atom. The maximum absolute atomic E-state index is 14.5. The van der Waals surface area contributed by atoms with E-state index >= 15 is 0 Å². The maximum Gasteiger partial charge on any atom is 0.313 e. The molecule has 2 bridgehead atoms. The van der Waals surface area contributed by atoms with Gasteiger partial charge in [0.25, 0.3) is 0 Å². The Morgan fingerprint density at radius 2 is 1.75 bits per heavy atom. The van der Waals surface area contributed by atoms with Crippen molar-refractivity contribution >= 4 is 23.7 Å². The number of aliphatic hydroxyl groups excluding tert-OH is 1. The number of likely N-dealkylation sites (N-methyl/N-ethyl adjacent to an activating group) is 1. The van der Waals surface area contributed by atoms with Gasteiger partial charge in [0, 0.05) is 26.6 Å². The molecule has 8 atom stereocenters. The summed E-state index contributed by atoms with van der Waals surface area (Å²) in [5, 5.41) is 10.2. The minimum atomic E-state index is -1.26. The van der Waals surface area contributed by atoms with E-state index in [0.29, 0.717) is 31.4 Å². The molecular weight excluding hydrogens is 610 g/mol. The monoisotopic (exact) mass is 657 g/mol. The molecule has 0 saturated carbocycles. The molecule has 3 aliphatic rings. The Labute approximate surface area is 283 Å². The van der Waals surface area contributed by atoms with Crippen molar-refractivity contribution in [2.24, 2.45) is 11.8 Å². The molecule has 5 rings (SSSR count). The van der Waals surface area contributed by atoms with Crippen LogP contribution in [0.3, 0.4) is 0 Å². The highest BCUT2D eigenvalue weighted by Gasteiger charge is 2.75. The van der Waals surface area contributed by atoms with E-state index in [9.17, 15) is 24.3 Å².